The number of benzene rings is 2. The minimum absolute atomic E-state index is 0.308. The number of amides is 1. The number of rotatable bonds is 3. The highest BCUT2D eigenvalue weighted by molar-refractivity contribution is 6.04. The monoisotopic (exact) mass is 297 g/mol. The van der Waals surface area contributed by atoms with Crippen molar-refractivity contribution in [1.29, 1.82) is 0 Å². The lowest BCUT2D eigenvalue weighted by molar-refractivity contribution is 0.102. The summed E-state index contributed by atoms with van der Waals surface area (Å²) in [5.41, 5.74) is 2.61. The molecule has 0 aliphatic rings. The van der Waals surface area contributed by atoms with E-state index in [1.54, 1.807) is 12.1 Å². The number of hydrogen-bond donors (Lipinski definition) is 1. The lowest BCUT2D eigenvalue weighted by atomic mass is 10.1. The molecule has 0 saturated heterocycles. The van der Waals surface area contributed by atoms with Gasteiger partial charge in [0.25, 0.3) is 5.91 Å². The van der Waals surface area contributed by atoms with Crippen molar-refractivity contribution >= 4 is 11.6 Å². The second-order valence-corrected chi connectivity index (χ2v) is 4.67. The quantitative estimate of drug-likeness (QED) is 0.805. The molecule has 0 unspecified atom stereocenters. The maximum atomic E-state index is 12.9. The Morgan fingerprint density at radius 2 is 1.95 bits per heavy atom. The first-order valence-corrected chi connectivity index (χ1v) is 6.55. The van der Waals surface area contributed by atoms with Crippen LogP contribution in [0, 0.1) is 12.7 Å². The molecule has 22 heavy (non-hydrogen) atoms. The van der Waals surface area contributed by atoms with Crippen LogP contribution < -0.4 is 5.32 Å². The summed E-state index contributed by atoms with van der Waals surface area (Å²) >= 11 is 0. The molecule has 0 atom stereocenters. The number of nitrogens with zero attached hydrogens (tertiary/aromatic N) is 4. The number of anilines is 1. The van der Waals surface area contributed by atoms with Crippen LogP contribution in [0.4, 0.5) is 10.1 Å². The highest BCUT2D eigenvalue weighted by atomic mass is 19.1. The van der Waals surface area contributed by atoms with Gasteiger partial charge >= 0.3 is 0 Å². The van der Waals surface area contributed by atoms with E-state index in [0.717, 1.165) is 11.3 Å². The van der Waals surface area contributed by atoms with Crippen LogP contribution in [-0.4, -0.2) is 26.1 Å². The zero-order valence-electron chi connectivity index (χ0n) is 11.7. The molecule has 0 radical (unpaired) electrons. The molecule has 2 aromatic carbocycles. The van der Waals surface area contributed by atoms with Crippen LogP contribution in [0.2, 0.25) is 0 Å². The molecule has 0 aliphatic heterocycles. The summed E-state index contributed by atoms with van der Waals surface area (Å²) in [5.74, 6) is -0.689. The van der Waals surface area contributed by atoms with E-state index in [2.05, 4.69) is 20.8 Å². The van der Waals surface area contributed by atoms with Gasteiger partial charge in [-0.2, -0.15) is 0 Å². The highest BCUT2D eigenvalue weighted by Gasteiger charge is 2.11. The van der Waals surface area contributed by atoms with Crippen molar-refractivity contribution in [3.05, 3.63) is 65.7 Å². The fourth-order valence-electron chi connectivity index (χ4n) is 2.07. The molecule has 1 heterocycles. The van der Waals surface area contributed by atoms with Crippen LogP contribution in [0.15, 0.2) is 48.8 Å². The van der Waals surface area contributed by atoms with E-state index >= 15 is 0 Å². The van der Waals surface area contributed by atoms with E-state index < -0.39 is 0 Å². The minimum atomic E-state index is -0.381. The Kier molecular flexibility index (Phi) is 3.61. The van der Waals surface area contributed by atoms with Gasteiger partial charge in [-0.15, -0.1) is 5.10 Å². The molecule has 7 heteroatoms. The molecule has 0 aliphatic carbocycles. The van der Waals surface area contributed by atoms with Gasteiger partial charge in [0.05, 0.1) is 5.69 Å². The fourth-order valence-corrected chi connectivity index (χ4v) is 2.07. The van der Waals surface area contributed by atoms with E-state index in [1.807, 2.05) is 13.0 Å². The number of carbonyl (C=O) groups is 1. The average Bonchev–Trinajstić information content (AvgIpc) is 3.04. The van der Waals surface area contributed by atoms with Gasteiger partial charge in [0, 0.05) is 11.3 Å². The summed E-state index contributed by atoms with van der Waals surface area (Å²) in [4.78, 5) is 12.2. The van der Waals surface area contributed by atoms with Crippen LogP contribution in [0.5, 0.6) is 0 Å². The van der Waals surface area contributed by atoms with Crippen molar-refractivity contribution in [3.8, 4) is 5.69 Å². The van der Waals surface area contributed by atoms with Gasteiger partial charge in [0.2, 0.25) is 0 Å². The third-order valence-corrected chi connectivity index (χ3v) is 3.26. The molecular formula is C15H12FN5O. The predicted octanol–water partition coefficient (Wildman–Crippen LogP) is 2.36. The van der Waals surface area contributed by atoms with Crippen molar-refractivity contribution < 1.29 is 9.18 Å². The summed E-state index contributed by atoms with van der Waals surface area (Å²) in [6.07, 6.45) is 1.48. The number of carbonyl (C=O) groups excluding carboxylic acids is 1. The van der Waals surface area contributed by atoms with E-state index in [9.17, 15) is 9.18 Å². The molecule has 0 saturated carbocycles. The Morgan fingerprint density at radius 1 is 1.18 bits per heavy atom. The van der Waals surface area contributed by atoms with Crippen LogP contribution in [0.3, 0.4) is 0 Å². The first kappa shape index (κ1) is 13.9. The van der Waals surface area contributed by atoms with Gasteiger partial charge in [-0.1, -0.05) is 6.07 Å². The summed E-state index contributed by atoms with van der Waals surface area (Å²) < 4.78 is 14.4. The predicted molar refractivity (Wildman–Crippen MR) is 78.2 cm³/mol. The smallest absolute Gasteiger partial charge is 0.255 e. The van der Waals surface area contributed by atoms with Crippen LogP contribution >= 0.6 is 0 Å². The highest BCUT2D eigenvalue weighted by Crippen LogP contribution is 2.22. The molecule has 110 valence electrons. The summed E-state index contributed by atoms with van der Waals surface area (Å²) in [6, 6.07) is 10.8. The molecular weight excluding hydrogens is 285 g/mol. The van der Waals surface area contributed by atoms with Crippen LogP contribution in [0.25, 0.3) is 5.69 Å². The molecule has 0 fully saturated rings. The van der Waals surface area contributed by atoms with Crippen molar-refractivity contribution in [2.24, 2.45) is 0 Å². The van der Waals surface area contributed by atoms with E-state index in [-0.39, 0.29) is 11.7 Å². The Hall–Kier alpha value is -3.09. The second-order valence-electron chi connectivity index (χ2n) is 4.67. The lowest BCUT2D eigenvalue weighted by Gasteiger charge is -2.11. The van der Waals surface area contributed by atoms with Crippen molar-refractivity contribution in [2.45, 2.75) is 6.92 Å². The SMILES string of the molecule is Cc1c(NC(=O)c2ccc(F)cc2)cccc1-n1cnnn1. The van der Waals surface area contributed by atoms with Gasteiger partial charge in [-0.3, -0.25) is 4.79 Å². The summed E-state index contributed by atoms with van der Waals surface area (Å²) in [6.45, 7) is 1.86. The molecule has 1 aromatic heterocycles. The van der Waals surface area contributed by atoms with Gasteiger partial charge in [0.15, 0.2) is 0 Å². The van der Waals surface area contributed by atoms with Crippen LogP contribution in [-0.2, 0) is 0 Å². The molecule has 1 amide bonds. The maximum absolute atomic E-state index is 12.9. The number of aromatic nitrogens is 4. The van der Waals surface area contributed by atoms with Crippen molar-refractivity contribution in [3.63, 3.8) is 0 Å². The third-order valence-electron chi connectivity index (χ3n) is 3.26. The maximum Gasteiger partial charge on any atom is 0.255 e. The van der Waals surface area contributed by atoms with E-state index in [0.29, 0.717) is 11.3 Å². The Morgan fingerprint density at radius 3 is 2.64 bits per heavy atom. The molecule has 0 spiro atoms. The van der Waals surface area contributed by atoms with Crippen molar-refractivity contribution in [1.82, 2.24) is 20.2 Å². The minimum Gasteiger partial charge on any atom is -0.322 e. The van der Waals surface area contributed by atoms with E-state index in [1.165, 1.54) is 35.3 Å². The molecule has 0 bridgehead atoms. The van der Waals surface area contributed by atoms with Crippen molar-refractivity contribution in [2.75, 3.05) is 5.32 Å². The second kappa shape index (κ2) is 5.72. The normalized spacial score (nSPS) is 10.5. The van der Waals surface area contributed by atoms with Gasteiger partial charge in [-0.25, -0.2) is 9.07 Å². The molecule has 1 N–H and O–H groups in total. The number of hydrogen-bond acceptors (Lipinski definition) is 4. The average molecular weight is 297 g/mol. The zero-order chi connectivity index (χ0) is 15.5. The van der Waals surface area contributed by atoms with Gasteiger partial charge in [0.1, 0.15) is 12.1 Å². The first-order chi connectivity index (χ1) is 10.6. The largest absolute Gasteiger partial charge is 0.322 e. The van der Waals surface area contributed by atoms with Gasteiger partial charge < -0.3 is 5.32 Å². The number of nitrogens with one attached hydrogen (secondary N) is 1. The lowest BCUT2D eigenvalue weighted by Crippen LogP contribution is -2.13. The number of tetrazole rings is 1. The Labute approximate surface area is 125 Å². The first-order valence-electron chi connectivity index (χ1n) is 6.55. The zero-order valence-corrected chi connectivity index (χ0v) is 11.7. The summed E-state index contributed by atoms with van der Waals surface area (Å²) in [7, 11) is 0. The fraction of sp³-hybridized carbons (Fsp3) is 0.0667. The topological polar surface area (TPSA) is 72.7 Å². The molecule has 3 aromatic rings. The third kappa shape index (κ3) is 2.69. The standard InChI is InChI=1S/C15H12FN5O/c1-10-13(3-2-4-14(10)21-9-17-19-20-21)18-15(22)11-5-7-12(16)8-6-11/h2-9H,1H3,(H,18,22). The number of halogens is 1. The summed E-state index contributed by atoms with van der Waals surface area (Å²) in [5, 5.41) is 13.8. The molecule has 6 nitrogen and oxygen atoms in total. The van der Waals surface area contributed by atoms with Gasteiger partial charge in [-0.05, 0) is 59.3 Å². The Balaban J connectivity index is 1.88. The Bertz CT molecular complexity index is 799. The molecule has 3 rings (SSSR count). The van der Waals surface area contributed by atoms with Crippen LogP contribution in [0.1, 0.15) is 15.9 Å². The van der Waals surface area contributed by atoms with E-state index in [4.69, 9.17) is 0 Å².